The Balaban J connectivity index is 1.73. The van der Waals surface area contributed by atoms with Crippen molar-refractivity contribution >= 4 is 11.8 Å². The largest absolute Gasteiger partial charge is 0.299 e. The highest BCUT2D eigenvalue weighted by atomic mass is 19.1. The van der Waals surface area contributed by atoms with Gasteiger partial charge in [-0.3, -0.25) is 20.2 Å². The fourth-order valence-corrected chi connectivity index (χ4v) is 2.67. The highest BCUT2D eigenvalue weighted by molar-refractivity contribution is 6.00. The quantitative estimate of drug-likeness (QED) is 0.822. The van der Waals surface area contributed by atoms with Gasteiger partial charge >= 0.3 is 0 Å². The lowest BCUT2D eigenvalue weighted by Gasteiger charge is -2.27. The minimum atomic E-state index is -0.344. The molecule has 0 spiro atoms. The van der Waals surface area contributed by atoms with Gasteiger partial charge in [0.2, 0.25) is 11.8 Å². The average molecular weight is 276 g/mol. The minimum Gasteiger partial charge on any atom is -0.299 e. The van der Waals surface area contributed by atoms with E-state index < -0.39 is 0 Å². The molecule has 20 heavy (non-hydrogen) atoms. The van der Waals surface area contributed by atoms with Crippen molar-refractivity contribution in [1.82, 2.24) is 10.6 Å². The molecule has 2 N–H and O–H groups in total. The maximum absolute atomic E-state index is 13.0. The van der Waals surface area contributed by atoms with E-state index in [9.17, 15) is 14.0 Å². The molecule has 1 aromatic rings. The van der Waals surface area contributed by atoms with Crippen LogP contribution < -0.4 is 10.6 Å². The van der Waals surface area contributed by atoms with Crippen molar-refractivity contribution in [3.8, 4) is 0 Å². The summed E-state index contributed by atoms with van der Waals surface area (Å²) < 4.78 is 13.0. The molecule has 1 saturated carbocycles. The standard InChI is InChI=1S/C15H17FN2O2/c16-11-5-3-10(4-6-11)14(9-1-2-9)17-12-7-8-13(19)18-15(12)20/h3-6,9,12,14,17H,1-2,7-8H2,(H,18,19,20). The molecule has 2 aliphatic rings. The lowest BCUT2D eigenvalue weighted by molar-refractivity contribution is -0.134. The predicted octanol–water partition coefficient (Wildman–Crippen LogP) is 1.67. The summed E-state index contributed by atoms with van der Waals surface area (Å²) in [6.07, 6.45) is 3.11. The van der Waals surface area contributed by atoms with E-state index in [1.807, 2.05) is 0 Å². The lowest BCUT2D eigenvalue weighted by atomic mass is 9.98. The van der Waals surface area contributed by atoms with Crippen molar-refractivity contribution in [2.45, 2.75) is 37.8 Å². The minimum absolute atomic E-state index is 0.0551. The van der Waals surface area contributed by atoms with Crippen molar-refractivity contribution < 1.29 is 14.0 Å². The molecule has 1 heterocycles. The van der Waals surface area contributed by atoms with Gasteiger partial charge in [0, 0.05) is 12.5 Å². The van der Waals surface area contributed by atoms with Crippen molar-refractivity contribution in [2.75, 3.05) is 0 Å². The van der Waals surface area contributed by atoms with Crippen LogP contribution in [0.4, 0.5) is 4.39 Å². The van der Waals surface area contributed by atoms with E-state index >= 15 is 0 Å². The summed E-state index contributed by atoms with van der Waals surface area (Å²) >= 11 is 0. The Morgan fingerprint density at radius 1 is 1.15 bits per heavy atom. The third-order valence-electron chi connectivity index (χ3n) is 3.94. The van der Waals surface area contributed by atoms with Gasteiger partial charge in [0.1, 0.15) is 5.82 Å². The molecule has 1 saturated heterocycles. The van der Waals surface area contributed by atoms with E-state index in [0.717, 1.165) is 18.4 Å². The summed E-state index contributed by atoms with van der Waals surface area (Å²) in [7, 11) is 0. The van der Waals surface area contributed by atoms with Crippen LogP contribution >= 0.6 is 0 Å². The summed E-state index contributed by atoms with van der Waals surface area (Å²) in [4.78, 5) is 23.0. The first-order chi connectivity index (χ1) is 9.63. The van der Waals surface area contributed by atoms with Gasteiger partial charge in [0.25, 0.3) is 0 Å². The number of halogens is 1. The second kappa shape index (κ2) is 5.32. The normalized spacial score (nSPS) is 24.4. The molecule has 106 valence electrons. The fourth-order valence-electron chi connectivity index (χ4n) is 2.67. The van der Waals surface area contributed by atoms with Crippen LogP contribution in [0.1, 0.15) is 37.3 Å². The molecule has 1 aromatic carbocycles. The Bertz CT molecular complexity index is 525. The highest BCUT2D eigenvalue weighted by Crippen LogP contribution is 2.41. The molecule has 0 radical (unpaired) electrons. The Morgan fingerprint density at radius 2 is 1.85 bits per heavy atom. The zero-order valence-electron chi connectivity index (χ0n) is 11.1. The molecule has 1 aliphatic heterocycles. The molecular weight excluding hydrogens is 259 g/mol. The number of carbonyl (C=O) groups is 2. The zero-order chi connectivity index (χ0) is 14.1. The molecule has 2 atom stereocenters. The van der Waals surface area contributed by atoms with Crippen LogP contribution in [0.2, 0.25) is 0 Å². The Labute approximate surface area is 116 Å². The number of carbonyl (C=O) groups excluding carboxylic acids is 2. The summed E-state index contributed by atoms with van der Waals surface area (Å²) in [5.74, 6) is -0.234. The number of hydrogen-bond acceptors (Lipinski definition) is 3. The molecule has 2 amide bonds. The number of imide groups is 1. The molecule has 2 unspecified atom stereocenters. The second-order valence-electron chi connectivity index (χ2n) is 5.54. The molecule has 0 aromatic heterocycles. The Kier molecular flexibility index (Phi) is 3.53. The number of rotatable bonds is 4. The van der Waals surface area contributed by atoms with Crippen LogP contribution in [-0.2, 0) is 9.59 Å². The molecule has 4 nitrogen and oxygen atoms in total. The number of hydrogen-bond donors (Lipinski definition) is 2. The molecule has 1 aliphatic carbocycles. The summed E-state index contributed by atoms with van der Waals surface area (Å²) in [5.41, 5.74) is 0.999. The van der Waals surface area contributed by atoms with Gasteiger partial charge in [-0.05, 0) is 42.9 Å². The monoisotopic (exact) mass is 276 g/mol. The van der Waals surface area contributed by atoms with Gasteiger partial charge in [0.05, 0.1) is 6.04 Å². The third-order valence-corrected chi connectivity index (χ3v) is 3.94. The first-order valence-electron chi connectivity index (χ1n) is 6.98. The summed E-state index contributed by atoms with van der Waals surface area (Å²) in [6, 6.07) is 6.12. The van der Waals surface area contributed by atoms with Gasteiger partial charge in [-0.1, -0.05) is 12.1 Å². The average Bonchev–Trinajstić information content (AvgIpc) is 3.24. The van der Waals surface area contributed by atoms with E-state index in [-0.39, 0.29) is 29.7 Å². The van der Waals surface area contributed by atoms with Crippen LogP contribution in [0, 0.1) is 11.7 Å². The molecule has 0 bridgehead atoms. The number of amides is 2. The van der Waals surface area contributed by atoms with E-state index in [0.29, 0.717) is 18.8 Å². The number of piperidine rings is 1. The van der Waals surface area contributed by atoms with Crippen LogP contribution in [0.25, 0.3) is 0 Å². The fraction of sp³-hybridized carbons (Fsp3) is 0.467. The lowest BCUT2D eigenvalue weighted by Crippen LogP contribution is -2.51. The number of benzene rings is 1. The van der Waals surface area contributed by atoms with Gasteiger partial charge in [-0.25, -0.2) is 4.39 Å². The van der Waals surface area contributed by atoms with Gasteiger partial charge in [-0.15, -0.1) is 0 Å². The number of nitrogens with one attached hydrogen (secondary N) is 2. The van der Waals surface area contributed by atoms with Crippen LogP contribution in [0.3, 0.4) is 0 Å². The maximum Gasteiger partial charge on any atom is 0.243 e. The highest BCUT2D eigenvalue weighted by Gasteiger charge is 2.36. The topological polar surface area (TPSA) is 58.2 Å². The molecule has 5 heteroatoms. The SMILES string of the molecule is O=C1CCC(NC(c2ccc(F)cc2)C2CC2)C(=O)N1. The van der Waals surface area contributed by atoms with E-state index in [2.05, 4.69) is 10.6 Å². The van der Waals surface area contributed by atoms with E-state index in [1.54, 1.807) is 12.1 Å². The second-order valence-corrected chi connectivity index (χ2v) is 5.54. The first kappa shape index (κ1) is 13.2. The van der Waals surface area contributed by atoms with Crippen molar-refractivity contribution in [2.24, 2.45) is 5.92 Å². The zero-order valence-corrected chi connectivity index (χ0v) is 11.1. The molecular formula is C15H17FN2O2. The van der Waals surface area contributed by atoms with E-state index in [1.165, 1.54) is 12.1 Å². The van der Waals surface area contributed by atoms with Gasteiger partial charge < -0.3 is 0 Å². The Hall–Kier alpha value is -1.75. The Morgan fingerprint density at radius 3 is 2.45 bits per heavy atom. The van der Waals surface area contributed by atoms with E-state index in [4.69, 9.17) is 0 Å². The summed E-state index contributed by atoms with van der Waals surface area (Å²) in [6.45, 7) is 0. The van der Waals surface area contributed by atoms with Crippen LogP contribution in [-0.4, -0.2) is 17.9 Å². The molecule has 2 fully saturated rings. The van der Waals surface area contributed by atoms with Crippen molar-refractivity contribution in [1.29, 1.82) is 0 Å². The maximum atomic E-state index is 13.0. The van der Waals surface area contributed by atoms with Crippen LogP contribution in [0.15, 0.2) is 24.3 Å². The van der Waals surface area contributed by atoms with Crippen molar-refractivity contribution in [3.63, 3.8) is 0 Å². The smallest absolute Gasteiger partial charge is 0.243 e. The molecule has 3 rings (SSSR count). The third kappa shape index (κ3) is 2.88. The van der Waals surface area contributed by atoms with Crippen molar-refractivity contribution in [3.05, 3.63) is 35.6 Å². The van der Waals surface area contributed by atoms with Gasteiger partial charge in [0.15, 0.2) is 0 Å². The van der Waals surface area contributed by atoms with Crippen LogP contribution in [0.5, 0.6) is 0 Å². The first-order valence-corrected chi connectivity index (χ1v) is 6.98. The van der Waals surface area contributed by atoms with Gasteiger partial charge in [-0.2, -0.15) is 0 Å². The predicted molar refractivity (Wildman–Crippen MR) is 71.2 cm³/mol. The summed E-state index contributed by atoms with van der Waals surface area (Å²) in [5, 5.41) is 5.69.